The van der Waals surface area contributed by atoms with E-state index >= 15 is 0 Å². The quantitative estimate of drug-likeness (QED) is 0.467. The lowest BCUT2D eigenvalue weighted by molar-refractivity contribution is -0.116. The first kappa shape index (κ1) is 20.1. The van der Waals surface area contributed by atoms with Crippen molar-refractivity contribution in [3.05, 3.63) is 51.9 Å². The molecule has 3 aromatic heterocycles. The molecule has 4 aromatic rings. The zero-order valence-electron chi connectivity index (χ0n) is 16.9. The fourth-order valence-corrected chi connectivity index (χ4v) is 4.32. The van der Waals surface area contributed by atoms with Crippen LogP contribution in [0.1, 0.15) is 32.0 Å². The number of carbonyl (C=O) groups is 1. The molecule has 0 atom stereocenters. The summed E-state index contributed by atoms with van der Waals surface area (Å²) >= 11 is 1.43. The number of hydrogen-bond acceptors (Lipinski definition) is 6. The van der Waals surface area contributed by atoms with Gasteiger partial charge in [-0.25, -0.2) is 0 Å². The highest BCUT2D eigenvalue weighted by molar-refractivity contribution is 7.17. The largest absolute Gasteiger partial charge is 0.497 e. The molecule has 1 amide bonds. The summed E-state index contributed by atoms with van der Waals surface area (Å²) in [6.45, 7) is 2.62. The van der Waals surface area contributed by atoms with E-state index in [1.807, 2.05) is 41.0 Å². The Morgan fingerprint density at radius 3 is 2.93 bits per heavy atom. The molecule has 3 heterocycles. The van der Waals surface area contributed by atoms with Gasteiger partial charge in [0.05, 0.1) is 12.6 Å². The van der Waals surface area contributed by atoms with Gasteiger partial charge in [-0.3, -0.25) is 18.6 Å². The number of amides is 1. The summed E-state index contributed by atoms with van der Waals surface area (Å²) in [6, 6.07) is 9.19. The Balaban J connectivity index is 1.50. The number of aryl methyl sites for hydroxylation is 2. The maximum atomic E-state index is 12.8. The number of methoxy groups -OCH3 is 1. The number of anilines is 1. The summed E-state index contributed by atoms with van der Waals surface area (Å²) in [4.78, 5) is 25.1. The van der Waals surface area contributed by atoms with E-state index in [9.17, 15) is 9.59 Å². The van der Waals surface area contributed by atoms with Gasteiger partial charge < -0.3 is 10.1 Å². The average Bonchev–Trinajstić information content (AvgIpc) is 3.38. The normalized spacial score (nSPS) is 11.3. The van der Waals surface area contributed by atoms with E-state index in [-0.39, 0.29) is 11.5 Å². The van der Waals surface area contributed by atoms with Crippen LogP contribution in [0.15, 0.2) is 40.5 Å². The molecule has 0 aliphatic rings. The van der Waals surface area contributed by atoms with Crippen molar-refractivity contribution in [3.8, 4) is 5.75 Å². The predicted octanol–water partition coefficient (Wildman–Crippen LogP) is 3.49. The average molecular weight is 426 g/mol. The molecule has 0 aliphatic heterocycles. The van der Waals surface area contributed by atoms with Crippen LogP contribution in [-0.4, -0.2) is 32.2 Å². The zero-order chi connectivity index (χ0) is 21.1. The molecule has 0 unspecified atom stereocenters. The van der Waals surface area contributed by atoms with Crippen molar-refractivity contribution in [1.82, 2.24) is 19.2 Å². The fraction of sp³-hybridized carbons (Fsp3) is 0.333. The van der Waals surface area contributed by atoms with Crippen LogP contribution in [0.3, 0.4) is 0 Å². The highest BCUT2D eigenvalue weighted by Crippen LogP contribution is 2.21. The molecule has 0 spiro atoms. The fourth-order valence-electron chi connectivity index (χ4n) is 3.50. The molecule has 1 N–H and O–H groups in total. The second-order valence-electron chi connectivity index (χ2n) is 6.98. The number of nitrogens with zero attached hydrogens (tertiary/aromatic N) is 4. The Hall–Kier alpha value is -3.20. The molecule has 0 saturated heterocycles. The van der Waals surface area contributed by atoms with Crippen LogP contribution in [0.5, 0.6) is 5.75 Å². The van der Waals surface area contributed by atoms with Crippen LogP contribution >= 0.6 is 11.3 Å². The lowest BCUT2D eigenvalue weighted by Crippen LogP contribution is -2.22. The number of thiophene rings is 1. The number of fused-ring (bicyclic) bond motifs is 3. The first-order valence-electron chi connectivity index (χ1n) is 9.90. The van der Waals surface area contributed by atoms with Gasteiger partial charge in [0.2, 0.25) is 11.7 Å². The summed E-state index contributed by atoms with van der Waals surface area (Å²) < 4.78 is 9.51. The van der Waals surface area contributed by atoms with Gasteiger partial charge in [0.1, 0.15) is 16.3 Å². The molecule has 8 nitrogen and oxygen atoms in total. The van der Waals surface area contributed by atoms with Crippen molar-refractivity contribution in [2.45, 2.75) is 39.2 Å². The molecule has 4 rings (SSSR count). The maximum absolute atomic E-state index is 12.8. The van der Waals surface area contributed by atoms with Gasteiger partial charge in [-0.1, -0.05) is 13.0 Å². The van der Waals surface area contributed by atoms with E-state index in [1.165, 1.54) is 11.3 Å². The van der Waals surface area contributed by atoms with Gasteiger partial charge in [-0.05, 0) is 36.4 Å². The van der Waals surface area contributed by atoms with Gasteiger partial charge in [0.15, 0.2) is 0 Å². The lowest BCUT2D eigenvalue weighted by Gasteiger charge is -2.08. The van der Waals surface area contributed by atoms with E-state index in [1.54, 1.807) is 17.7 Å². The van der Waals surface area contributed by atoms with E-state index in [0.717, 1.165) is 17.8 Å². The molecule has 156 valence electrons. The number of carbonyl (C=O) groups excluding carboxylic acids is 1. The minimum atomic E-state index is -0.0688. The number of ether oxygens (including phenoxy) is 1. The van der Waals surface area contributed by atoms with Crippen molar-refractivity contribution in [1.29, 1.82) is 0 Å². The van der Waals surface area contributed by atoms with Crippen LogP contribution in [-0.2, 0) is 17.8 Å². The van der Waals surface area contributed by atoms with Crippen LogP contribution in [0.4, 0.5) is 5.69 Å². The van der Waals surface area contributed by atoms with Gasteiger partial charge >= 0.3 is 0 Å². The highest BCUT2D eigenvalue weighted by Gasteiger charge is 2.17. The van der Waals surface area contributed by atoms with Crippen molar-refractivity contribution in [2.24, 2.45) is 0 Å². The van der Waals surface area contributed by atoms with E-state index in [4.69, 9.17) is 4.74 Å². The maximum Gasteiger partial charge on any atom is 0.272 e. The van der Waals surface area contributed by atoms with E-state index in [0.29, 0.717) is 47.7 Å². The highest BCUT2D eigenvalue weighted by atomic mass is 32.1. The van der Waals surface area contributed by atoms with E-state index in [2.05, 4.69) is 15.5 Å². The number of rotatable bonds is 8. The van der Waals surface area contributed by atoms with Crippen LogP contribution in [0, 0.1) is 0 Å². The van der Waals surface area contributed by atoms with Crippen molar-refractivity contribution in [3.63, 3.8) is 0 Å². The van der Waals surface area contributed by atoms with Crippen LogP contribution < -0.4 is 15.6 Å². The van der Waals surface area contributed by atoms with Crippen molar-refractivity contribution < 1.29 is 9.53 Å². The Bertz CT molecular complexity index is 1260. The Labute approximate surface area is 177 Å². The van der Waals surface area contributed by atoms with Crippen molar-refractivity contribution in [2.75, 3.05) is 12.4 Å². The van der Waals surface area contributed by atoms with Crippen LogP contribution in [0.2, 0.25) is 0 Å². The minimum absolute atomic E-state index is 0.0223. The summed E-state index contributed by atoms with van der Waals surface area (Å²) in [7, 11) is 1.59. The van der Waals surface area contributed by atoms with Crippen LogP contribution in [0.25, 0.3) is 16.0 Å². The smallest absolute Gasteiger partial charge is 0.272 e. The standard InChI is InChI=1S/C21H23N5O3S/c1-3-11-25-20(28)19-16(10-12-30-19)26-17(23-24-21(25)26)8-5-9-18(27)22-14-6-4-7-15(13-14)29-2/h4,6-7,10,12-13H,3,5,8-9,11H2,1-2H3,(H,22,27). The third-order valence-electron chi connectivity index (χ3n) is 4.88. The second-order valence-corrected chi connectivity index (χ2v) is 7.89. The molecule has 0 saturated carbocycles. The Morgan fingerprint density at radius 2 is 2.13 bits per heavy atom. The molecular weight excluding hydrogens is 402 g/mol. The molecule has 1 aromatic carbocycles. The van der Waals surface area contributed by atoms with Crippen molar-refractivity contribution >= 4 is 38.9 Å². The number of nitrogens with one attached hydrogen (secondary N) is 1. The Kier molecular flexibility index (Phi) is 5.80. The molecule has 0 aliphatic carbocycles. The second kappa shape index (κ2) is 8.66. The van der Waals surface area contributed by atoms with Gasteiger partial charge in [-0.2, -0.15) is 0 Å². The molecule has 0 bridgehead atoms. The van der Waals surface area contributed by atoms with E-state index < -0.39 is 0 Å². The summed E-state index contributed by atoms with van der Waals surface area (Å²) in [5.41, 5.74) is 1.51. The number of hydrogen-bond donors (Lipinski definition) is 1. The topological polar surface area (TPSA) is 90.5 Å². The molecule has 0 fully saturated rings. The molecular formula is C21H23N5O3S. The predicted molar refractivity (Wildman–Crippen MR) is 117 cm³/mol. The summed E-state index contributed by atoms with van der Waals surface area (Å²) in [5, 5.41) is 13.4. The number of aromatic nitrogens is 4. The first-order valence-corrected chi connectivity index (χ1v) is 10.8. The van der Waals surface area contributed by atoms with Gasteiger partial charge in [0.25, 0.3) is 5.56 Å². The minimum Gasteiger partial charge on any atom is -0.497 e. The van der Waals surface area contributed by atoms with Gasteiger partial charge in [-0.15, -0.1) is 21.5 Å². The molecule has 30 heavy (non-hydrogen) atoms. The molecule has 0 radical (unpaired) electrons. The van der Waals surface area contributed by atoms with Gasteiger partial charge in [0, 0.05) is 31.1 Å². The first-order chi connectivity index (χ1) is 14.6. The zero-order valence-corrected chi connectivity index (χ0v) is 17.7. The third kappa shape index (κ3) is 3.80. The number of benzene rings is 1. The summed E-state index contributed by atoms with van der Waals surface area (Å²) in [6.07, 6.45) is 2.39. The SMILES string of the molecule is CCCn1c(=O)c2sccc2n2c(CCCC(=O)Nc3cccc(OC)c3)nnc12. The Morgan fingerprint density at radius 1 is 1.27 bits per heavy atom. The third-order valence-corrected chi connectivity index (χ3v) is 5.78. The summed E-state index contributed by atoms with van der Waals surface area (Å²) in [5.74, 6) is 1.94. The monoisotopic (exact) mass is 425 g/mol. The lowest BCUT2D eigenvalue weighted by atomic mass is 10.2. The molecule has 9 heteroatoms.